The third kappa shape index (κ3) is 1.69. The van der Waals surface area contributed by atoms with Gasteiger partial charge in [-0.1, -0.05) is 0 Å². The summed E-state index contributed by atoms with van der Waals surface area (Å²) in [6.45, 7) is 2.72. The van der Waals surface area contributed by atoms with Crippen molar-refractivity contribution in [2.75, 3.05) is 32.8 Å². The van der Waals surface area contributed by atoms with Crippen molar-refractivity contribution in [1.29, 1.82) is 0 Å². The average Bonchev–Trinajstić information content (AvgIpc) is 2.45. The number of β-amino-alcohol motifs (C(OH)–C–C–N with tert-alkyl or cyclic N) is 1. The zero-order valence-electron chi connectivity index (χ0n) is 8.16. The van der Waals surface area contributed by atoms with Crippen LogP contribution in [0.3, 0.4) is 0 Å². The Morgan fingerprint density at radius 1 is 1.64 bits per heavy atom. The lowest BCUT2D eigenvalue weighted by atomic mass is 9.94. The first-order valence-corrected chi connectivity index (χ1v) is 5.05. The Bertz CT molecular complexity index is 226. The van der Waals surface area contributed by atoms with E-state index >= 15 is 0 Å². The van der Waals surface area contributed by atoms with Crippen LogP contribution in [0.5, 0.6) is 0 Å². The summed E-state index contributed by atoms with van der Waals surface area (Å²) in [6.07, 6.45) is 1.68. The van der Waals surface area contributed by atoms with Crippen molar-refractivity contribution >= 4 is 6.09 Å². The van der Waals surface area contributed by atoms with Crippen molar-refractivity contribution in [3.05, 3.63) is 0 Å². The number of hydrogen-bond donors (Lipinski definition) is 2. The van der Waals surface area contributed by atoms with E-state index in [-0.39, 0.29) is 18.3 Å². The molecule has 0 aromatic heterocycles. The predicted octanol–water partition coefficient (Wildman–Crippen LogP) is -0.447. The fraction of sp³-hybridized carbons (Fsp3) is 0.889. The highest BCUT2D eigenvalue weighted by molar-refractivity contribution is 5.70. The quantitative estimate of drug-likeness (QED) is 0.634. The predicted molar refractivity (Wildman–Crippen MR) is 50.0 cm³/mol. The van der Waals surface area contributed by atoms with Gasteiger partial charge in [-0.05, 0) is 19.4 Å². The van der Waals surface area contributed by atoms with E-state index in [0.717, 1.165) is 25.9 Å². The molecule has 2 aliphatic heterocycles. The lowest BCUT2D eigenvalue weighted by Gasteiger charge is -2.31. The van der Waals surface area contributed by atoms with Gasteiger partial charge in [0.1, 0.15) is 5.60 Å². The first-order chi connectivity index (χ1) is 6.76. The fourth-order valence-corrected chi connectivity index (χ4v) is 2.15. The van der Waals surface area contributed by atoms with Crippen molar-refractivity contribution in [3.63, 3.8) is 0 Å². The van der Waals surface area contributed by atoms with E-state index in [1.54, 1.807) is 4.90 Å². The normalized spacial score (nSPS) is 32.4. The standard InChI is InChI=1S/C9H16N2O3/c12-5-4-11-7-9(14-8(11)13)2-1-3-10-6-9/h10,12H,1-7H2. The van der Waals surface area contributed by atoms with Crippen LogP contribution in [0.15, 0.2) is 0 Å². The molecule has 5 nitrogen and oxygen atoms in total. The topological polar surface area (TPSA) is 61.8 Å². The van der Waals surface area contributed by atoms with Crippen LogP contribution in [0.2, 0.25) is 0 Å². The van der Waals surface area contributed by atoms with Crippen molar-refractivity contribution < 1.29 is 14.6 Å². The number of nitrogens with one attached hydrogen (secondary N) is 1. The molecule has 80 valence electrons. The number of amides is 1. The Hall–Kier alpha value is -0.810. The summed E-state index contributed by atoms with van der Waals surface area (Å²) in [5.74, 6) is 0. The van der Waals surface area contributed by atoms with Gasteiger partial charge in [0.25, 0.3) is 0 Å². The zero-order valence-corrected chi connectivity index (χ0v) is 8.16. The first kappa shape index (κ1) is 9.73. The number of carbonyl (C=O) groups is 1. The SMILES string of the molecule is O=C1OC2(CCCNC2)CN1CCO. The zero-order chi connectivity index (χ0) is 10.0. The van der Waals surface area contributed by atoms with Gasteiger partial charge in [-0.15, -0.1) is 0 Å². The molecule has 1 amide bonds. The van der Waals surface area contributed by atoms with E-state index in [1.807, 2.05) is 0 Å². The molecule has 0 aromatic carbocycles. The Morgan fingerprint density at radius 2 is 2.50 bits per heavy atom. The number of nitrogens with zero attached hydrogens (tertiary/aromatic N) is 1. The van der Waals surface area contributed by atoms with Crippen LogP contribution in [0.4, 0.5) is 4.79 Å². The van der Waals surface area contributed by atoms with Gasteiger partial charge in [0, 0.05) is 13.1 Å². The molecule has 1 unspecified atom stereocenters. The van der Waals surface area contributed by atoms with Crippen molar-refractivity contribution in [2.24, 2.45) is 0 Å². The third-order valence-corrected chi connectivity index (χ3v) is 2.84. The van der Waals surface area contributed by atoms with E-state index in [1.165, 1.54) is 0 Å². The summed E-state index contributed by atoms with van der Waals surface area (Å²) in [6, 6.07) is 0. The summed E-state index contributed by atoms with van der Waals surface area (Å²) < 4.78 is 5.37. The summed E-state index contributed by atoms with van der Waals surface area (Å²) in [4.78, 5) is 13.0. The maximum atomic E-state index is 11.4. The van der Waals surface area contributed by atoms with Gasteiger partial charge in [0.15, 0.2) is 0 Å². The molecule has 5 heteroatoms. The van der Waals surface area contributed by atoms with Gasteiger partial charge in [-0.25, -0.2) is 4.79 Å². The van der Waals surface area contributed by atoms with E-state index in [2.05, 4.69) is 5.32 Å². The summed E-state index contributed by atoms with van der Waals surface area (Å²) >= 11 is 0. The van der Waals surface area contributed by atoms with Crippen molar-refractivity contribution in [3.8, 4) is 0 Å². The van der Waals surface area contributed by atoms with Crippen LogP contribution >= 0.6 is 0 Å². The van der Waals surface area contributed by atoms with Crippen LogP contribution < -0.4 is 5.32 Å². The van der Waals surface area contributed by atoms with Gasteiger partial charge in [-0.2, -0.15) is 0 Å². The van der Waals surface area contributed by atoms with Gasteiger partial charge in [-0.3, -0.25) is 0 Å². The highest BCUT2D eigenvalue weighted by atomic mass is 16.6. The lowest BCUT2D eigenvalue weighted by molar-refractivity contribution is 0.0366. The van der Waals surface area contributed by atoms with Crippen molar-refractivity contribution in [1.82, 2.24) is 10.2 Å². The molecule has 1 spiro atoms. The van der Waals surface area contributed by atoms with Gasteiger partial charge < -0.3 is 20.1 Å². The second-order valence-electron chi connectivity index (χ2n) is 3.98. The van der Waals surface area contributed by atoms with Crippen LogP contribution in [0, 0.1) is 0 Å². The van der Waals surface area contributed by atoms with E-state index in [0.29, 0.717) is 13.1 Å². The molecule has 2 N–H and O–H groups in total. The summed E-state index contributed by atoms with van der Waals surface area (Å²) in [5, 5.41) is 12.0. The molecule has 0 bridgehead atoms. The van der Waals surface area contributed by atoms with Gasteiger partial charge in [0.2, 0.25) is 0 Å². The molecule has 2 aliphatic rings. The number of carbonyl (C=O) groups excluding carboxylic acids is 1. The second kappa shape index (κ2) is 3.74. The molecular weight excluding hydrogens is 184 g/mol. The number of aliphatic hydroxyl groups is 1. The molecule has 2 rings (SSSR count). The number of rotatable bonds is 2. The Kier molecular flexibility index (Phi) is 2.60. The van der Waals surface area contributed by atoms with E-state index in [4.69, 9.17) is 9.84 Å². The minimum atomic E-state index is -0.329. The maximum Gasteiger partial charge on any atom is 0.410 e. The lowest BCUT2D eigenvalue weighted by Crippen LogP contribution is -2.48. The molecule has 0 aliphatic carbocycles. The molecule has 14 heavy (non-hydrogen) atoms. The van der Waals surface area contributed by atoms with Crippen LogP contribution in [0.25, 0.3) is 0 Å². The number of piperidine rings is 1. The maximum absolute atomic E-state index is 11.4. The highest BCUT2D eigenvalue weighted by Crippen LogP contribution is 2.28. The first-order valence-electron chi connectivity index (χ1n) is 5.05. The molecule has 0 aromatic rings. The number of aliphatic hydroxyl groups excluding tert-OH is 1. The minimum absolute atomic E-state index is 0.00138. The number of ether oxygens (including phenoxy) is 1. The molecule has 1 atom stereocenters. The largest absolute Gasteiger partial charge is 0.440 e. The summed E-state index contributed by atoms with van der Waals surface area (Å²) in [5.41, 5.74) is -0.329. The van der Waals surface area contributed by atoms with Gasteiger partial charge in [0.05, 0.1) is 13.2 Å². The Morgan fingerprint density at radius 3 is 3.14 bits per heavy atom. The van der Waals surface area contributed by atoms with Crippen molar-refractivity contribution in [2.45, 2.75) is 18.4 Å². The smallest absolute Gasteiger partial charge is 0.410 e. The highest BCUT2D eigenvalue weighted by Gasteiger charge is 2.45. The average molecular weight is 200 g/mol. The molecule has 2 fully saturated rings. The fourth-order valence-electron chi connectivity index (χ4n) is 2.15. The Balaban J connectivity index is 1.99. The van der Waals surface area contributed by atoms with Crippen LogP contribution in [-0.4, -0.2) is 54.5 Å². The molecule has 2 saturated heterocycles. The van der Waals surface area contributed by atoms with Crippen LogP contribution in [0.1, 0.15) is 12.8 Å². The molecule has 0 saturated carbocycles. The number of hydrogen-bond acceptors (Lipinski definition) is 4. The minimum Gasteiger partial charge on any atom is -0.440 e. The Labute approximate surface area is 83.0 Å². The second-order valence-corrected chi connectivity index (χ2v) is 3.98. The summed E-state index contributed by atoms with van der Waals surface area (Å²) in [7, 11) is 0. The van der Waals surface area contributed by atoms with E-state index in [9.17, 15) is 4.79 Å². The van der Waals surface area contributed by atoms with E-state index < -0.39 is 0 Å². The monoisotopic (exact) mass is 200 g/mol. The van der Waals surface area contributed by atoms with Crippen LogP contribution in [-0.2, 0) is 4.74 Å². The molecular formula is C9H16N2O3. The molecule has 2 heterocycles. The third-order valence-electron chi connectivity index (χ3n) is 2.84. The molecule has 0 radical (unpaired) electrons. The van der Waals surface area contributed by atoms with Gasteiger partial charge >= 0.3 is 6.09 Å².